The third-order valence-corrected chi connectivity index (χ3v) is 4.00. The standard InChI is InChI=1S/C14H17FN6O/c1-8(10-6-16-7-10)14(22)17-11-3-4-12(15)13(5-11)21-9(2)18-19-20-21/h3-5,8,10,16H,6-7H2,1-2H3,(H,17,22). The van der Waals surface area contributed by atoms with E-state index in [9.17, 15) is 9.18 Å². The summed E-state index contributed by atoms with van der Waals surface area (Å²) in [5.74, 6) is 0.199. The maximum atomic E-state index is 14.0. The Balaban J connectivity index is 1.80. The second kappa shape index (κ2) is 5.80. The molecule has 1 aliphatic rings. The van der Waals surface area contributed by atoms with Crippen molar-refractivity contribution >= 4 is 11.6 Å². The first-order valence-corrected chi connectivity index (χ1v) is 7.12. The molecule has 0 aliphatic carbocycles. The van der Waals surface area contributed by atoms with Crippen LogP contribution in [0.4, 0.5) is 10.1 Å². The third kappa shape index (κ3) is 2.69. The molecule has 7 nitrogen and oxygen atoms in total. The third-order valence-electron chi connectivity index (χ3n) is 4.00. The van der Waals surface area contributed by atoms with Crippen molar-refractivity contribution in [2.45, 2.75) is 13.8 Å². The largest absolute Gasteiger partial charge is 0.326 e. The van der Waals surface area contributed by atoms with Gasteiger partial charge in [0.2, 0.25) is 5.91 Å². The highest BCUT2D eigenvalue weighted by atomic mass is 19.1. The molecule has 0 saturated carbocycles. The zero-order valence-electron chi connectivity index (χ0n) is 12.4. The maximum Gasteiger partial charge on any atom is 0.227 e. The van der Waals surface area contributed by atoms with Crippen molar-refractivity contribution in [2.75, 3.05) is 18.4 Å². The van der Waals surface area contributed by atoms with Gasteiger partial charge in [-0.05, 0) is 54.6 Å². The predicted octanol–water partition coefficient (Wildman–Crippen LogP) is 0.904. The fraction of sp³-hybridized carbons (Fsp3) is 0.429. The minimum absolute atomic E-state index is 0.0718. The lowest BCUT2D eigenvalue weighted by Crippen LogP contribution is -2.48. The van der Waals surface area contributed by atoms with Gasteiger partial charge in [-0.1, -0.05) is 6.92 Å². The van der Waals surface area contributed by atoms with Gasteiger partial charge < -0.3 is 10.6 Å². The molecule has 1 aromatic carbocycles. The van der Waals surface area contributed by atoms with Gasteiger partial charge in [-0.25, -0.2) is 4.39 Å². The summed E-state index contributed by atoms with van der Waals surface area (Å²) in [5.41, 5.74) is 0.730. The Hall–Kier alpha value is -2.35. The summed E-state index contributed by atoms with van der Waals surface area (Å²) in [7, 11) is 0. The van der Waals surface area contributed by atoms with Gasteiger partial charge in [0.15, 0.2) is 5.82 Å². The number of hydrogen-bond donors (Lipinski definition) is 2. The Morgan fingerprint density at radius 2 is 2.27 bits per heavy atom. The van der Waals surface area contributed by atoms with Crippen LogP contribution in [0.1, 0.15) is 12.7 Å². The molecule has 1 fully saturated rings. The predicted molar refractivity (Wildman–Crippen MR) is 78.0 cm³/mol. The molecular formula is C14H17FN6O. The second-order valence-electron chi connectivity index (χ2n) is 5.50. The van der Waals surface area contributed by atoms with E-state index in [2.05, 4.69) is 26.2 Å². The summed E-state index contributed by atoms with van der Waals surface area (Å²) >= 11 is 0. The Bertz CT molecular complexity index is 696. The number of rotatable bonds is 4. The molecule has 1 amide bonds. The van der Waals surface area contributed by atoms with Crippen molar-refractivity contribution < 1.29 is 9.18 Å². The molecule has 0 spiro atoms. The van der Waals surface area contributed by atoms with Crippen molar-refractivity contribution in [1.82, 2.24) is 25.5 Å². The van der Waals surface area contributed by atoms with Crippen molar-refractivity contribution in [1.29, 1.82) is 0 Å². The van der Waals surface area contributed by atoms with Crippen LogP contribution in [-0.4, -0.2) is 39.2 Å². The van der Waals surface area contributed by atoms with Gasteiger partial charge in [0, 0.05) is 11.6 Å². The zero-order chi connectivity index (χ0) is 15.7. The molecule has 2 heterocycles. The molecule has 1 unspecified atom stereocenters. The van der Waals surface area contributed by atoms with E-state index >= 15 is 0 Å². The van der Waals surface area contributed by atoms with Crippen LogP contribution in [0.5, 0.6) is 0 Å². The molecule has 3 rings (SSSR count). The number of hydrogen-bond acceptors (Lipinski definition) is 5. The summed E-state index contributed by atoms with van der Waals surface area (Å²) in [6.45, 7) is 5.28. The molecule has 0 bridgehead atoms. The van der Waals surface area contributed by atoms with Crippen LogP contribution < -0.4 is 10.6 Å². The number of carbonyl (C=O) groups is 1. The van der Waals surface area contributed by atoms with Gasteiger partial charge in [-0.15, -0.1) is 5.10 Å². The van der Waals surface area contributed by atoms with Crippen LogP contribution in [0.2, 0.25) is 0 Å². The molecule has 1 saturated heterocycles. The van der Waals surface area contributed by atoms with Crippen molar-refractivity contribution in [3.8, 4) is 5.69 Å². The molecule has 0 radical (unpaired) electrons. The Morgan fingerprint density at radius 3 is 2.86 bits per heavy atom. The monoisotopic (exact) mass is 304 g/mol. The lowest BCUT2D eigenvalue weighted by molar-refractivity contribution is -0.121. The number of carbonyl (C=O) groups excluding carboxylic acids is 1. The average molecular weight is 304 g/mol. The van der Waals surface area contributed by atoms with E-state index in [1.165, 1.54) is 22.9 Å². The molecule has 1 aromatic heterocycles. The van der Waals surface area contributed by atoms with Crippen LogP contribution in [0.3, 0.4) is 0 Å². The van der Waals surface area contributed by atoms with Crippen LogP contribution in [-0.2, 0) is 4.79 Å². The van der Waals surface area contributed by atoms with Crippen molar-refractivity contribution in [2.24, 2.45) is 11.8 Å². The van der Waals surface area contributed by atoms with Crippen LogP contribution in [0.15, 0.2) is 18.2 Å². The number of halogens is 1. The molecular weight excluding hydrogens is 287 g/mol. The first-order chi connectivity index (χ1) is 10.6. The van der Waals surface area contributed by atoms with Gasteiger partial charge in [-0.2, -0.15) is 4.68 Å². The molecule has 2 aromatic rings. The molecule has 1 aliphatic heterocycles. The maximum absolute atomic E-state index is 14.0. The van der Waals surface area contributed by atoms with E-state index in [0.717, 1.165) is 13.1 Å². The quantitative estimate of drug-likeness (QED) is 0.877. The van der Waals surface area contributed by atoms with Gasteiger partial charge >= 0.3 is 0 Å². The summed E-state index contributed by atoms with van der Waals surface area (Å²) < 4.78 is 15.3. The highest BCUT2D eigenvalue weighted by Crippen LogP contribution is 2.21. The van der Waals surface area contributed by atoms with Gasteiger partial charge in [-0.3, -0.25) is 4.79 Å². The van der Waals surface area contributed by atoms with E-state index in [4.69, 9.17) is 0 Å². The Kier molecular flexibility index (Phi) is 3.84. The normalized spacial score (nSPS) is 16.1. The highest BCUT2D eigenvalue weighted by molar-refractivity contribution is 5.92. The van der Waals surface area contributed by atoms with E-state index in [1.807, 2.05) is 6.92 Å². The average Bonchev–Trinajstić information content (AvgIpc) is 2.85. The van der Waals surface area contributed by atoms with E-state index in [-0.39, 0.29) is 17.5 Å². The molecule has 8 heteroatoms. The van der Waals surface area contributed by atoms with Crippen molar-refractivity contribution in [3.63, 3.8) is 0 Å². The number of benzene rings is 1. The fourth-order valence-corrected chi connectivity index (χ4v) is 2.34. The number of tetrazole rings is 1. The van der Waals surface area contributed by atoms with E-state index in [1.54, 1.807) is 6.92 Å². The van der Waals surface area contributed by atoms with Crippen LogP contribution >= 0.6 is 0 Å². The number of anilines is 1. The first kappa shape index (κ1) is 14.6. The number of aromatic nitrogens is 4. The number of nitrogens with one attached hydrogen (secondary N) is 2. The first-order valence-electron chi connectivity index (χ1n) is 7.12. The lowest BCUT2D eigenvalue weighted by atomic mass is 9.88. The van der Waals surface area contributed by atoms with E-state index < -0.39 is 5.82 Å². The lowest BCUT2D eigenvalue weighted by Gasteiger charge is -2.31. The second-order valence-corrected chi connectivity index (χ2v) is 5.50. The summed E-state index contributed by atoms with van der Waals surface area (Å²) in [5, 5.41) is 17.0. The summed E-state index contributed by atoms with van der Waals surface area (Å²) in [6.07, 6.45) is 0. The SMILES string of the molecule is Cc1nnnn1-c1cc(NC(=O)C(C)C2CNC2)ccc1F. The number of aryl methyl sites for hydroxylation is 1. The minimum atomic E-state index is -0.454. The number of nitrogens with zero attached hydrogens (tertiary/aromatic N) is 4. The molecule has 1 atom stereocenters. The van der Waals surface area contributed by atoms with Crippen LogP contribution in [0.25, 0.3) is 5.69 Å². The summed E-state index contributed by atoms with van der Waals surface area (Å²) in [6, 6.07) is 4.35. The van der Waals surface area contributed by atoms with Crippen LogP contribution in [0, 0.1) is 24.6 Å². The Labute approximate surface area is 126 Å². The van der Waals surface area contributed by atoms with Gasteiger partial charge in [0.05, 0.1) is 0 Å². The molecule has 2 N–H and O–H groups in total. The zero-order valence-corrected chi connectivity index (χ0v) is 12.4. The number of amides is 1. The van der Waals surface area contributed by atoms with E-state index in [0.29, 0.717) is 17.4 Å². The Morgan fingerprint density at radius 1 is 1.50 bits per heavy atom. The molecule has 22 heavy (non-hydrogen) atoms. The van der Waals surface area contributed by atoms with Gasteiger partial charge in [0.25, 0.3) is 0 Å². The van der Waals surface area contributed by atoms with Crippen molar-refractivity contribution in [3.05, 3.63) is 29.8 Å². The van der Waals surface area contributed by atoms with Gasteiger partial charge in [0.1, 0.15) is 11.5 Å². The topological polar surface area (TPSA) is 84.7 Å². The molecule has 116 valence electrons. The summed E-state index contributed by atoms with van der Waals surface area (Å²) in [4.78, 5) is 12.2. The fourth-order valence-electron chi connectivity index (χ4n) is 2.34. The smallest absolute Gasteiger partial charge is 0.227 e. The highest BCUT2D eigenvalue weighted by Gasteiger charge is 2.28. The minimum Gasteiger partial charge on any atom is -0.326 e.